The van der Waals surface area contributed by atoms with E-state index in [2.05, 4.69) is 36.3 Å². The molecule has 0 unspecified atom stereocenters. The van der Waals surface area contributed by atoms with Crippen LogP contribution in [0.3, 0.4) is 0 Å². The first-order valence-corrected chi connectivity index (χ1v) is 7.31. The molecule has 2 N–H and O–H groups in total. The Labute approximate surface area is 119 Å². The number of carbonyl (C=O) groups excluding carboxylic acids is 1. The summed E-state index contributed by atoms with van der Waals surface area (Å²) >= 11 is 0. The highest BCUT2D eigenvalue weighted by atomic mass is 16.5. The van der Waals surface area contributed by atoms with Crippen molar-refractivity contribution in [2.45, 2.75) is 58.1 Å². The molecule has 1 aromatic rings. The maximum absolute atomic E-state index is 12.4. The van der Waals surface area contributed by atoms with E-state index in [1.807, 2.05) is 0 Å². The van der Waals surface area contributed by atoms with Gasteiger partial charge in [-0.3, -0.25) is 9.89 Å². The van der Waals surface area contributed by atoms with Gasteiger partial charge in [0.2, 0.25) is 0 Å². The molecule has 0 aliphatic heterocycles. The summed E-state index contributed by atoms with van der Waals surface area (Å²) < 4.78 is 5.59. The van der Waals surface area contributed by atoms with Crippen LogP contribution in [0.2, 0.25) is 0 Å². The molecule has 0 bridgehead atoms. The number of carbonyl (C=O) groups is 1. The highest BCUT2D eigenvalue weighted by molar-refractivity contribution is 5.94. The number of H-pyrrole nitrogens is 1. The van der Waals surface area contributed by atoms with Crippen LogP contribution in [0.5, 0.6) is 0 Å². The average molecular weight is 277 g/mol. The van der Waals surface area contributed by atoms with Gasteiger partial charge in [-0.25, -0.2) is 0 Å². The lowest BCUT2D eigenvalue weighted by molar-refractivity contribution is -0.177. The second-order valence-electron chi connectivity index (χ2n) is 6.77. The molecule has 0 saturated heterocycles. The van der Waals surface area contributed by atoms with Crippen LogP contribution in [-0.2, 0) is 17.6 Å². The average Bonchev–Trinajstić information content (AvgIpc) is 2.99. The number of hydrogen-bond acceptors (Lipinski definition) is 3. The van der Waals surface area contributed by atoms with Gasteiger partial charge in [-0.05, 0) is 32.6 Å². The van der Waals surface area contributed by atoms with Gasteiger partial charge in [0.15, 0.2) is 5.69 Å². The first-order chi connectivity index (χ1) is 9.39. The molecule has 5 nitrogen and oxygen atoms in total. The summed E-state index contributed by atoms with van der Waals surface area (Å²) in [6.45, 7) is 6.38. The molecule has 0 spiro atoms. The third-order valence-corrected chi connectivity index (χ3v) is 5.61. The van der Waals surface area contributed by atoms with E-state index in [9.17, 15) is 4.79 Å². The molecule has 1 aromatic heterocycles. The first kappa shape index (κ1) is 13.6. The van der Waals surface area contributed by atoms with Gasteiger partial charge in [-0.2, -0.15) is 5.10 Å². The van der Waals surface area contributed by atoms with Crippen LogP contribution in [0.1, 0.15) is 55.4 Å². The highest BCUT2D eigenvalue weighted by Crippen LogP contribution is 2.51. The quantitative estimate of drug-likeness (QED) is 0.885. The standard InChI is InChI=1S/C15H23N3O2/c1-14(2)11(8-15(14,3)20-4)16-13(19)12-9-6-5-7-10(9)17-18-12/h11H,5-8H2,1-4H3,(H,16,19)(H,17,18)/t11-,15-/m0/s1. The van der Waals surface area contributed by atoms with E-state index >= 15 is 0 Å². The molecule has 0 aromatic carbocycles. The van der Waals surface area contributed by atoms with E-state index in [1.54, 1.807) is 7.11 Å². The van der Waals surface area contributed by atoms with Crippen molar-refractivity contribution in [2.75, 3.05) is 7.11 Å². The summed E-state index contributed by atoms with van der Waals surface area (Å²) in [6, 6.07) is 0.133. The Morgan fingerprint density at radius 2 is 2.15 bits per heavy atom. The molecule has 110 valence electrons. The van der Waals surface area contributed by atoms with Gasteiger partial charge in [0, 0.05) is 29.8 Å². The van der Waals surface area contributed by atoms with Crippen LogP contribution in [-0.4, -0.2) is 34.9 Å². The summed E-state index contributed by atoms with van der Waals surface area (Å²) in [5.74, 6) is -0.0550. The van der Waals surface area contributed by atoms with Gasteiger partial charge < -0.3 is 10.1 Å². The SMILES string of the molecule is CO[C@@]1(C)C[C@H](NC(=O)c2n[nH]c3c2CCC3)C1(C)C. The number of nitrogens with zero attached hydrogens (tertiary/aromatic N) is 1. The molecular formula is C15H23N3O2. The molecular weight excluding hydrogens is 254 g/mol. The highest BCUT2D eigenvalue weighted by Gasteiger charge is 2.58. The van der Waals surface area contributed by atoms with Gasteiger partial charge in [-0.1, -0.05) is 13.8 Å². The Bertz CT molecular complexity index is 549. The van der Waals surface area contributed by atoms with Gasteiger partial charge >= 0.3 is 0 Å². The zero-order chi connectivity index (χ0) is 14.5. The normalized spacial score (nSPS) is 30.7. The maximum Gasteiger partial charge on any atom is 0.272 e. The fraction of sp³-hybridized carbons (Fsp3) is 0.733. The first-order valence-electron chi connectivity index (χ1n) is 7.31. The Balaban J connectivity index is 1.72. The Morgan fingerprint density at radius 1 is 1.40 bits per heavy atom. The summed E-state index contributed by atoms with van der Waals surface area (Å²) in [6.07, 6.45) is 3.92. The summed E-state index contributed by atoms with van der Waals surface area (Å²) in [5, 5.41) is 10.3. The summed E-state index contributed by atoms with van der Waals surface area (Å²) in [5.41, 5.74) is 2.58. The van der Waals surface area contributed by atoms with Crippen molar-refractivity contribution in [2.24, 2.45) is 5.41 Å². The predicted molar refractivity (Wildman–Crippen MR) is 75.7 cm³/mol. The second-order valence-corrected chi connectivity index (χ2v) is 6.77. The lowest BCUT2D eigenvalue weighted by Gasteiger charge is -2.59. The molecule has 20 heavy (non-hydrogen) atoms. The lowest BCUT2D eigenvalue weighted by Crippen LogP contribution is -2.68. The van der Waals surface area contributed by atoms with E-state index < -0.39 is 0 Å². The number of amides is 1. The van der Waals surface area contributed by atoms with Crippen LogP contribution in [0.25, 0.3) is 0 Å². The summed E-state index contributed by atoms with van der Waals surface area (Å²) in [4.78, 5) is 12.4. The van der Waals surface area contributed by atoms with E-state index in [0.29, 0.717) is 5.69 Å². The van der Waals surface area contributed by atoms with Crippen molar-refractivity contribution >= 4 is 5.91 Å². The topological polar surface area (TPSA) is 67.0 Å². The minimum atomic E-state index is -0.168. The number of ether oxygens (including phenoxy) is 1. The van der Waals surface area contributed by atoms with Crippen LogP contribution in [0.15, 0.2) is 0 Å². The largest absolute Gasteiger partial charge is 0.378 e. The molecule has 2 atom stereocenters. The van der Waals surface area contributed by atoms with Crippen molar-refractivity contribution < 1.29 is 9.53 Å². The minimum absolute atomic E-state index is 0.0550. The zero-order valence-electron chi connectivity index (χ0n) is 12.7. The second kappa shape index (κ2) is 4.32. The number of aromatic amines is 1. The van der Waals surface area contributed by atoms with Crippen LogP contribution >= 0.6 is 0 Å². The minimum Gasteiger partial charge on any atom is -0.378 e. The molecule has 1 heterocycles. The van der Waals surface area contributed by atoms with E-state index in [1.165, 1.54) is 0 Å². The van der Waals surface area contributed by atoms with Crippen molar-refractivity contribution in [3.63, 3.8) is 0 Å². The third kappa shape index (κ3) is 1.72. The van der Waals surface area contributed by atoms with Crippen LogP contribution < -0.4 is 5.32 Å². The predicted octanol–water partition coefficient (Wildman–Crippen LogP) is 1.83. The fourth-order valence-electron chi connectivity index (χ4n) is 3.46. The van der Waals surface area contributed by atoms with E-state index in [4.69, 9.17) is 4.74 Å². The molecule has 0 radical (unpaired) electrons. The molecule has 3 rings (SSSR count). The summed E-state index contributed by atoms with van der Waals surface area (Å²) in [7, 11) is 1.74. The molecule has 1 amide bonds. The monoisotopic (exact) mass is 277 g/mol. The number of methoxy groups -OCH3 is 1. The van der Waals surface area contributed by atoms with Gasteiger partial charge in [-0.15, -0.1) is 0 Å². The molecule has 1 saturated carbocycles. The van der Waals surface area contributed by atoms with E-state index in [0.717, 1.165) is 36.9 Å². The van der Waals surface area contributed by atoms with Crippen molar-refractivity contribution in [3.8, 4) is 0 Å². The number of aryl methyl sites for hydroxylation is 1. The van der Waals surface area contributed by atoms with Crippen molar-refractivity contribution in [1.82, 2.24) is 15.5 Å². The number of aromatic nitrogens is 2. The van der Waals surface area contributed by atoms with Gasteiger partial charge in [0.05, 0.1) is 5.60 Å². The number of nitrogens with one attached hydrogen (secondary N) is 2. The van der Waals surface area contributed by atoms with Gasteiger partial charge in [0.25, 0.3) is 5.91 Å². The number of rotatable bonds is 3. The maximum atomic E-state index is 12.4. The van der Waals surface area contributed by atoms with Crippen LogP contribution in [0.4, 0.5) is 0 Å². The van der Waals surface area contributed by atoms with E-state index in [-0.39, 0.29) is 23.0 Å². The van der Waals surface area contributed by atoms with Crippen molar-refractivity contribution in [3.05, 3.63) is 17.0 Å². The molecule has 5 heteroatoms. The fourth-order valence-corrected chi connectivity index (χ4v) is 3.46. The molecule has 1 fully saturated rings. The lowest BCUT2D eigenvalue weighted by atomic mass is 9.56. The van der Waals surface area contributed by atoms with Crippen molar-refractivity contribution in [1.29, 1.82) is 0 Å². The Morgan fingerprint density at radius 3 is 2.80 bits per heavy atom. The third-order valence-electron chi connectivity index (χ3n) is 5.61. The smallest absolute Gasteiger partial charge is 0.272 e. The Hall–Kier alpha value is -1.36. The number of hydrogen-bond donors (Lipinski definition) is 2. The number of fused-ring (bicyclic) bond motifs is 1. The van der Waals surface area contributed by atoms with Crippen LogP contribution in [0, 0.1) is 5.41 Å². The van der Waals surface area contributed by atoms with Gasteiger partial charge in [0.1, 0.15) is 0 Å². The molecule has 2 aliphatic rings. The Kier molecular flexibility index (Phi) is 2.94. The molecule has 2 aliphatic carbocycles. The zero-order valence-corrected chi connectivity index (χ0v) is 12.7.